The number of carbonyl (C=O) groups is 2. The minimum Gasteiger partial charge on any atom is -0.497 e. The van der Waals surface area contributed by atoms with Crippen LogP contribution in [-0.4, -0.2) is 31.1 Å². The summed E-state index contributed by atoms with van der Waals surface area (Å²) in [5.41, 5.74) is 0.563. The normalized spacial score (nSPS) is 34.0. The maximum atomic E-state index is 12.5. The van der Waals surface area contributed by atoms with Crippen LogP contribution in [0.5, 0.6) is 5.75 Å². The third kappa shape index (κ3) is 1.35. The molecule has 4 rings (SSSR count). The van der Waals surface area contributed by atoms with Crippen LogP contribution in [0.1, 0.15) is 0 Å². The number of benzene rings is 1. The van der Waals surface area contributed by atoms with Crippen LogP contribution in [0.15, 0.2) is 36.4 Å². The number of hydrogen-bond donors (Lipinski definition) is 0. The molecule has 2 bridgehead atoms. The van der Waals surface area contributed by atoms with Crippen molar-refractivity contribution in [2.75, 3.05) is 12.0 Å². The van der Waals surface area contributed by atoms with Crippen LogP contribution in [-0.2, 0) is 14.3 Å². The number of methoxy groups -OCH3 is 1. The molecule has 1 aromatic rings. The van der Waals surface area contributed by atoms with Crippen molar-refractivity contribution in [1.29, 1.82) is 0 Å². The van der Waals surface area contributed by atoms with E-state index >= 15 is 0 Å². The van der Waals surface area contributed by atoms with Gasteiger partial charge in [0.1, 0.15) is 5.75 Å². The Balaban J connectivity index is 1.74. The van der Waals surface area contributed by atoms with Crippen LogP contribution in [0.2, 0.25) is 0 Å². The number of amides is 2. The summed E-state index contributed by atoms with van der Waals surface area (Å²) < 4.78 is 10.8. The second-order valence-corrected chi connectivity index (χ2v) is 5.22. The van der Waals surface area contributed by atoms with E-state index in [1.807, 2.05) is 12.2 Å². The van der Waals surface area contributed by atoms with Gasteiger partial charge in [-0.2, -0.15) is 0 Å². The highest BCUT2D eigenvalue weighted by atomic mass is 16.5. The van der Waals surface area contributed by atoms with E-state index in [4.69, 9.17) is 9.47 Å². The summed E-state index contributed by atoms with van der Waals surface area (Å²) >= 11 is 0. The zero-order valence-electron chi connectivity index (χ0n) is 10.9. The van der Waals surface area contributed by atoms with Gasteiger partial charge in [0.15, 0.2) is 0 Å². The Bertz CT molecular complexity index is 609. The van der Waals surface area contributed by atoms with E-state index in [0.717, 1.165) is 0 Å². The van der Waals surface area contributed by atoms with Crippen LogP contribution >= 0.6 is 0 Å². The van der Waals surface area contributed by atoms with Gasteiger partial charge in [0.25, 0.3) is 0 Å². The first-order valence-corrected chi connectivity index (χ1v) is 6.56. The van der Waals surface area contributed by atoms with E-state index < -0.39 is 0 Å². The monoisotopic (exact) mass is 271 g/mol. The molecular weight excluding hydrogens is 258 g/mol. The molecule has 3 aliphatic rings. The third-order valence-corrected chi connectivity index (χ3v) is 4.22. The highest BCUT2D eigenvalue weighted by molar-refractivity contribution is 6.23. The van der Waals surface area contributed by atoms with E-state index in [2.05, 4.69) is 0 Å². The maximum absolute atomic E-state index is 12.5. The van der Waals surface area contributed by atoms with Gasteiger partial charge >= 0.3 is 0 Å². The number of rotatable bonds is 2. The molecule has 5 nitrogen and oxygen atoms in total. The predicted molar refractivity (Wildman–Crippen MR) is 70.3 cm³/mol. The number of hydrogen-bond acceptors (Lipinski definition) is 4. The van der Waals surface area contributed by atoms with Crippen molar-refractivity contribution in [1.82, 2.24) is 0 Å². The summed E-state index contributed by atoms with van der Waals surface area (Å²) in [4.78, 5) is 26.3. The Kier molecular flexibility index (Phi) is 2.29. The van der Waals surface area contributed by atoms with Gasteiger partial charge in [-0.15, -0.1) is 0 Å². The van der Waals surface area contributed by atoms with Gasteiger partial charge in [0.2, 0.25) is 11.8 Å². The molecule has 0 unspecified atom stereocenters. The van der Waals surface area contributed by atoms with Gasteiger partial charge < -0.3 is 9.47 Å². The molecule has 3 aliphatic heterocycles. The summed E-state index contributed by atoms with van der Waals surface area (Å²) in [6.07, 6.45) is 3.26. The molecule has 20 heavy (non-hydrogen) atoms. The fraction of sp³-hybridized carbons (Fsp3) is 0.333. The molecule has 102 valence electrons. The van der Waals surface area contributed by atoms with E-state index in [-0.39, 0.29) is 35.9 Å². The molecule has 4 atom stereocenters. The van der Waals surface area contributed by atoms with Crippen LogP contribution in [0, 0.1) is 11.8 Å². The van der Waals surface area contributed by atoms with Crippen LogP contribution in [0.25, 0.3) is 0 Å². The molecule has 0 radical (unpaired) electrons. The number of fused-ring (bicyclic) bond motifs is 5. The van der Waals surface area contributed by atoms with E-state index in [0.29, 0.717) is 11.4 Å². The van der Waals surface area contributed by atoms with Crippen molar-refractivity contribution < 1.29 is 19.1 Å². The molecule has 3 heterocycles. The zero-order valence-corrected chi connectivity index (χ0v) is 10.9. The smallest absolute Gasteiger partial charge is 0.240 e. The Morgan fingerprint density at radius 2 is 1.75 bits per heavy atom. The Labute approximate surface area is 115 Å². The van der Waals surface area contributed by atoms with Crippen molar-refractivity contribution in [3.8, 4) is 5.75 Å². The molecule has 2 fully saturated rings. The van der Waals surface area contributed by atoms with Crippen molar-refractivity contribution in [2.24, 2.45) is 11.8 Å². The standard InChI is InChI=1S/C15H13NO4/c1-19-9-4-2-3-8(7-9)16-14(17)12-10-5-6-11(20-10)13(12)15(16)18/h2-7,10-13H,1H3/t10-,11-,12-,13-/m1/s1. The fourth-order valence-electron chi connectivity index (χ4n) is 3.31. The average Bonchev–Trinajstić information content (AvgIpc) is 3.13. The number of imide groups is 1. The summed E-state index contributed by atoms with van der Waals surface area (Å²) in [6.45, 7) is 0. The van der Waals surface area contributed by atoms with Crippen molar-refractivity contribution in [2.45, 2.75) is 12.2 Å². The topological polar surface area (TPSA) is 55.8 Å². The largest absolute Gasteiger partial charge is 0.497 e. The van der Waals surface area contributed by atoms with Crippen LogP contribution < -0.4 is 9.64 Å². The lowest BCUT2D eigenvalue weighted by Crippen LogP contribution is -2.34. The highest BCUT2D eigenvalue weighted by Gasteiger charge is 2.60. The summed E-state index contributed by atoms with van der Waals surface area (Å²) in [5.74, 6) is -0.472. The van der Waals surface area contributed by atoms with Gasteiger partial charge in [-0.3, -0.25) is 9.59 Å². The van der Waals surface area contributed by atoms with Gasteiger partial charge in [-0.25, -0.2) is 4.90 Å². The lowest BCUT2D eigenvalue weighted by molar-refractivity contribution is -0.124. The highest BCUT2D eigenvalue weighted by Crippen LogP contribution is 2.46. The Morgan fingerprint density at radius 3 is 2.35 bits per heavy atom. The maximum Gasteiger partial charge on any atom is 0.240 e. The molecule has 0 aromatic heterocycles. The first kappa shape index (κ1) is 11.7. The Morgan fingerprint density at radius 1 is 1.10 bits per heavy atom. The van der Waals surface area contributed by atoms with Crippen LogP contribution in [0.4, 0.5) is 5.69 Å². The van der Waals surface area contributed by atoms with Gasteiger partial charge in [0, 0.05) is 6.07 Å². The lowest BCUT2D eigenvalue weighted by atomic mass is 9.85. The van der Waals surface area contributed by atoms with E-state index in [1.54, 1.807) is 31.4 Å². The van der Waals surface area contributed by atoms with Gasteiger partial charge in [-0.05, 0) is 12.1 Å². The van der Waals surface area contributed by atoms with E-state index in [1.165, 1.54) is 4.90 Å². The number of anilines is 1. The molecule has 0 aliphatic carbocycles. The summed E-state index contributed by atoms with van der Waals surface area (Å²) in [7, 11) is 1.56. The first-order valence-electron chi connectivity index (χ1n) is 6.56. The molecule has 0 spiro atoms. The summed E-state index contributed by atoms with van der Waals surface area (Å²) in [5, 5.41) is 0. The molecule has 2 amide bonds. The number of nitrogens with zero attached hydrogens (tertiary/aromatic N) is 1. The van der Waals surface area contributed by atoms with Crippen molar-refractivity contribution in [3.63, 3.8) is 0 Å². The van der Waals surface area contributed by atoms with Gasteiger partial charge in [0.05, 0.1) is 36.8 Å². The lowest BCUT2D eigenvalue weighted by Gasteiger charge is -2.18. The molecule has 0 saturated carbocycles. The third-order valence-electron chi connectivity index (χ3n) is 4.22. The molecule has 0 N–H and O–H groups in total. The Hall–Kier alpha value is -2.14. The molecular formula is C15H13NO4. The van der Waals surface area contributed by atoms with E-state index in [9.17, 15) is 9.59 Å². The number of ether oxygens (including phenoxy) is 2. The zero-order chi connectivity index (χ0) is 13.9. The molecule has 5 heteroatoms. The SMILES string of the molecule is COc1cccc(N2C(=O)[C@H]3[C@H](C2=O)[C@H]2C=C[C@H]3O2)c1. The summed E-state index contributed by atoms with van der Waals surface area (Å²) in [6, 6.07) is 7.00. The minimum absolute atomic E-state index is 0.176. The molecule has 1 aromatic carbocycles. The first-order chi connectivity index (χ1) is 9.70. The van der Waals surface area contributed by atoms with Crippen LogP contribution in [0.3, 0.4) is 0 Å². The number of carbonyl (C=O) groups excluding carboxylic acids is 2. The quantitative estimate of drug-likeness (QED) is 0.598. The second-order valence-electron chi connectivity index (χ2n) is 5.22. The van der Waals surface area contributed by atoms with Gasteiger partial charge in [-0.1, -0.05) is 18.2 Å². The fourth-order valence-corrected chi connectivity index (χ4v) is 3.31. The molecule has 2 saturated heterocycles. The minimum atomic E-state index is -0.372. The average molecular weight is 271 g/mol. The van der Waals surface area contributed by atoms with Crippen molar-refractivity contribution >= 4 is 17.5 Å². The second kappa shape index (κ2) is 3.93. The van der Waals surface area contributed by atoms with Crippen molar-refractivity contribution in [3.05, 3.63) is 36.4 Å². The predicted octanol–water partition coefficient (Wildman–Crippen LogP) is 1.14.